The van der Waals surface area contributed by atoms with Crippen molar-refractivity contribution in [2.24, 2.45) is 0 Å². The molecule has 0 saturated heterocycles. The van der Waals surface area contributed by atoms with Gasteiger partial charge in [0.1, 0.15) is 0 Å². The van der Waals surface area contributed by atoms with E-state index in [0.29, 0.717) is 6.04 Å². The molecule has 0 aromatic heterocycles. The summed E-state index contributed by atoms with van der Waals surface area (Å²) in [6, 6.07) is 7.27. The summed E-state index contributed by atoms with van der Waals surface area (Å²) < 4.78 is 0. The van der Waals surface area contributed by atoms with Gasteiger partial charge in [-0.05, 0) is 49.9 Å². The molecule has 0 saturated carbocycles. The zero-order valence-electron chi connectivity index (χ0n) is 8.88. The van der Waals surface area contributed by atoms with Gasteiger partial charge in [-0.25, -0.2) is 0 Å². The van der Waals surface area contributed by atoms with E-state index < -0.39 is 0 Å². The fraction of sp³-hybridized carbons (Fsp3) is 0.385. The van der Waals surface area contributed by atoms with Crippen LogP contribution in [0.25, 0.3) is 6.08 Å². The van der Waals surface area contributed by atoms with Gasteiger partial charge < -0.3 is 5.32 Å². The lowest BCUT2D eigenvalue weighted by molar-refractivity contribution is 0.681. The first-order chi connectivity index (χ1) is 6.79. The van der Waals surface area contributed by atoms with Crippen molar-refractivity contribution in [3.05, 3.63) is 35.4 Å². The molecular formula is C13H17N. The van der Waals surface area contributed by atoms with Crippen molar-refractivity contribution < 1.29 is 0 Å². The molecule has 0 spiro atoms. The average molecular weight is 187 g/mol. The first-order valence-electron chi connectivity index (χ1n) is 5.32. The fourth-order valence-corrected chi connectivity index (χ4v) is 1.97. The largest absolute Gasteiger partial charge is 0.382 e. The summed E-state index contributed by atoms with van der Waals surface area (Å²) in [5.74, 6) is 0. The highest BCUT2D eigenvalue weighted by atomic mass is 14.9. The monoisotopic (exact) mass is 187 g/mol. The van der Waals surface area contributed by atoms with E-state index in [1.807, 2.05) is 0 Å². The number of hydrogen-bond donors (Lipinski definition) is 1. The standard InChI is InChI=1S/C13H17N/c1-3-4-11-6-8-13-12(9-11)7-5-10(2)14-13/h3-4,6,8-10,14H,5,7H2,1-2H3. The van der Waals surface area contributed by atoms with E-state index in [0.717, 1.165) is 0 Å². The van der Waals surface area contributed by atoms with Crippen LogP contribution in [0.2, 0.25) is 0 Å². The van der Waals surface area contributed by atoms with Crippen LogP contribution >= 0.6 is 0 Å². The summed E-state index contributed by atoms with van der Waals surface area (Å²) >= 11 is 0. The lowest BCUT2D eigenvalue weighted by Crippen LogP contribution is -2.21. The molecule has 1 aliphatic heterocycles. The molecule has 0 radical (unpaired) electrons. The average Bonchev–Trinajstić information content (AvgIpc) is 2.19. The SMILES string of the molecule is CC=Cc1ccc2c(c1)CCC(C)N2. The first-order valence-corrected chi connectivity index (χ1v) is 5.32. The molecule has 1 heterocycles. The Morgan fingerprint density at radius 3 is 3.07 bits per heavy atom. The van der Waals surface area contributed by atoms with Gasteiger partial charge in [-0.1, -0.05) is 18.2 Å². The highest BCUT2D eigenvalue weighted by Crippen LogP contribution is 2.25. The lowest BCUT2D eigenvalue weighted by atomic mass is 9.97. The molecule has 1 atom stereocenters. The second-order valence-corrected chi connectivity index (χ2v) is 4.00. The van der Waals surface area contributed by atoms with Crippen molar-refractivity contribution in [2.75, 3.05) is 5.32 Å². The van der Waals surface area contributed by atoms with Gasteiger partial charge in [-0.15, -0.1) is 0 Å². The molecule has 0 amide bonds. The minimum absolute atomic E-state index is 0.620. The topological polar surface area (TPSA) is 12.0 Å². The molecule has 1 nitrogen and oxygen atoms in total. The van der Waals surface area contributed by atoms with E-state index >= 15 is 0 Å². The van der Waals surface area contributed by atoms with Gasteiger partial charge in [0, 0.05) is 11.7 Å². The van der Waals surface area contributed by atoms with Crippen molar-refractivity contribution in [1.29, 1.82) is 0 Å². The molecule has 2 rings (SSSR count). The number of rotatable bonds is 1. The van der Waals surface area contributed by atoms with Gasteiger partial charge in [0.15, 0.2) is 0 Å². The Morgan fingerprint density at radius 2 is 2.29 bits per heavy atom. The molecule has 1 unspecified atom stereocenters. The summed E-state index contributed by atoms with van der Waals surface area (Å²) in [5.41, 5.74) is 4.08. The molecule has 1 aromatic rings. The van der Waals surface area contributed by atoms with Crippen LogP contribution in [0.4, 0.5) is 5.69 Å². The van der Waals surface area contributed by atoms with E-state index in [9.17, 15) is 0 Å². The van der Waals surface area contributed by atoms with Crippen LogP contribution in [0.15, 0.2) is 24.3 Å². The molecule has 0 fully saturated rings. The second kappa shape index (κ2) is 3.87. The third-order valence-electron chi connectivity index (χ3n) is 2.74. The van der Waals surface area contributed by atoms with E-state index in [1.54, 1.807) is 0 Å². The van der Waals surface area contributed by atoms with Crippen LogP contribution < -0.4 is 5.32 Å². The molecule has 0 bridgehead atoms. The number of nitrogens with one attached hydrogen (secondary N) is 1. The third kappa shape index (κ3) is 1.82. The molecule has 1 aliphatic rings. The predicted molar refractivity (Wildman–Crippen MR) is 62.6 cm³/mol. The third-order valence-corrected chi connectivity index (χ3v) is 2.74. The number of hydrogen-bond acceptors (Lipinski definition) is 1. The number of anilines is 1. The van der Waals surface area contributed by atoms with Gasteiger partial charge in [-0.3, -0.25) is 0 Å². The van der Waals surface area contributed by atoms with Crippen LogP contribution in [0.3, 0.4) is 0 Å². The number of aryl methyl sites for hydroxylation is 1. The van der Waals surface area contributed by atoms with Crippen molar-refractivity contribution >= 4 is 11.8 Å². The maximum Gasteiger partial charge on any atom is 0.0375 e. The molecule has 14 heavy (non-hydrogen) atoms. The van der Waals surface area contributed by atoms with Crippen LogP contribution in [0, 0.1) is 0 Å². The Labute approximate surface area is 85.8 Å². The minimum Gasteiger partial charge on any atom is -0.382 e. The van der Waals surface area contributed by atoms with Gasteiger partial charge >= 0.3 is 0 Å². The maximum absolute atomic E-state index is 3.51. The van der Waals surface area contributed by atoms with Crippen LogP contribution in [-0.4, -0.2) is 6.04 Å². The van der Waals surface area contributed by atoms with Crippen molar-refractivity contribution in [3.8, 4) is 0 Å². The summed E-state index contributed by atoms with van der Waals surface area (Å²) in [6.07, 6.45) is 6.68. The predicted octanol–water partition coefficient (Wildman–Crippen LogP) is 3.47. The van der Waals surface area contributed by atoms with Crippen molar-refractivity contribution in [2.45, 2.75) is 32.7 Å². The normalized spacial score (nSPS) is 20.6. The molecular weight excluding hydrogens is 170 g/mol. The number of benzene rings is 1. The van der Waals surface area contributed by atoms with E-state index in [1.165, 1.54) is 29.7 Å². The Morgan fingerprint density at radius 1 is 1.43 bits per heavy atom. The Kier molecular flexibility index (Phi) is 2.58. The van der Waals surface area contributed by atoms with Gasteiger partial charge in [0.25, 0.3) is 0 Å². The maximum atomic E-state index is 3.51. The fourth-order valence-electron chi connectivity index (χ4n) is 1.97. The van der Waals surface area contributed by atoms with Crippen LogP contribution in [-0.2, 0) is 6.42 Å². The van der Waals surface area contributed by atoms with Crippen LogP contribution in [0.1, 0.15) is 31.4 Å². The van der Waals surface area contributed by atoms with Gasteiger partial charge in [0.05, 0.1) is 0 Å². The minimum atomic E-state index is 0.620. The van der Waals surface area contributed by atoms with Gasteiger partial charge in [0.2, 0.25) is 0 Å². The van der Waals surface area contributed by atoms with Crippen molar-refractivity contribution in [1.82, 2.24) is 0 Å². The quantitative estimate of drug-likeness (QED) is 0.710. The lowest BCUT2D eigenvalue weighted by Gasteiger charge is -2.24. The van der Waals surface area contributed by atoms with E-state index in [4.69, 9.17) is 0 Å². The molecule has 1 heteroatoms. The summed E-state index contributed by atoms with van der Waals surface area (Å²) in [4.78, 5) is 0. The number of fused-ring (bicyclic) bond motifs is 1. The summed E-state index contributed by atoms with van der Waals surface area (Å²) in [6.45, 7) is 4.29. The second-order valence-electron chi connectivity index (χ2n) is 4.00. The van der Waals surface area contributed by atoms with Crippen LogP contribution in [0.5, 0.6) is 0 Å². The smallest absolute Gasteiger partial charge is 0.0375 e. The molecule has 0 aliphatic carbocycles. The zero-order valence-corrected chi connectivity index (χ0v) is 8.88. The molecule has 1 aromatic carbocycles. The zero-order chi connectivity index (χ0) is 9.97. The Balaban J connectivity index is 2.31. The summed E-state index contributed by atoms with van der Waals surface area (Å²) in [5, 5.41) is 3.51. The highest BCUT2D eigenvalue weighted by molar-refractivity contribution is 5.61. The van der Waals surface area contributed by atoms with E-state index in [2.05, 4.69) is 49.5 Å². The first kappa shape index (κ1) is 9.32. The number of allylic oxidation sites excluding steroid dienone is 1. The Hall–Kier alpha value is -1.24. The Bertz CT molecular complexity index is 352. The van der Waals surface area contributed by atoms with Crippen molar-refractivity contribution in [3.63, 3.8) is 0 Å². The molecule has 74 valence electrons. The van der Waals surface area contributed by atoms with Gasteiger partial charge in [-0.2, -0.15) is 0 Å². The highest BCUT2D eigenvalue weighted by Gasteiger charge is 2.13. The van der Waals surface area contributed by atoms with E-state index in [-0.39, 0.29) is 0 Å². The summed E-state index contributed by atoms with van der Waals surface area (Å²) in [7, 11) is 0. The molecule has 1 N–H and O–H groups in total.